The predicted molar refractivity (Wildman–Crippen MR) is 90.9 cm³/mol. The molecule has 0 amide bonds. The second-order valence-electron chi connectivity index (χ2n) is 4.68. The first-order valence-electron chi connectivity index (χ1n) is 7.81. The summed E-state index contributed by atoms with van der Waals surface area (Å²) in [6.45, 7) is 7.26. The first-order valence-corrected chi connectivity index (χ1v) is 12.2. The molecule has 0 aromatic heterocycles. The van der Waals surface area contributed by atoms with Crippen LogP contribution in [0.3, 0.4) is 0 Å². The Hall–Kier alpha value is 0.637. The number of hydrogen-bond donors (Lipinski definition) is 0. The zero-order valence-electron chi connectivity index (χ0n) is 13.4. The quantitative estimate of drug-likeness (QED) is 0.238. The van der Waals surface area contributed by atoms with E-state index in [-0.39, 0.29) is 0 Å². The summed E-state index contributed by atoms with van der Waals surface area (Å²) < 4.78 is 21.3. The lowest BCUT2D eigenvalue weighted by atomic mass is 10.5. The molecule has 0 fully saturated rings. The SMILES string of the molecule is CCOCCOCCC[Si](Cl)(Cl)CCCOCCOCC. The maximum atomic E-state index is 6.41. The van der Waals surface area contributed by atoms with Gasteiger partial charge in [-0.3, -0.25) is 0 Å². The maximum Gasteiger partial charge on any atom is 0.251 e. The van der Waals surface area contributed by atoms with Gasteiger partial charge < -0.3 is 18.9 Å². The van der Waals surface area contributed by atoms with Crippen molar-refractivity contribution in [1.82, 2.24) is 0 Å². The summed E-state index contributed by atoms with van der Waals surface area (Å²) in [6.07, 6.45) is 1.83. The third-order valence-corrected chi connectivity index (χ3v) is 7.25. The van der Waals surface area contributed by atoms with E-state index in [1.165, 1.54) is 0 Å². The molecule has 0 aromatic carbocycles. The molecule has 0 aliphatic carbocycles. The molecule has 0 saturated heterocycles. The van der Waals surface area contributed by atoms with Gasteiger partial charge in [-0.05, 0) is 38.8 Å². The molecule has 128 valence electrons. The Kier molecular flexibility index (Phi) is 16.0. The largest absolute Gasteiger partial charge is 0.379 e. The van der Waals surface area contributed by atoms with Gasteiger partial charge in [-0.25, -0.2) is 0 Å². The van der Waals surface area contributed by atoms with Crippen molar-refractivity contribution in [2.45, 2.75) is 38.8 Å². The normalized spacial score (nSPS) is 12.0. The van der Waals surface area contributed by atoms with Gasteiger partial charge in [0.15, 0.2) is 0 Å². The zero-order valence-corrected chi connectivity index (χ0v) is 15.9. The van der Waals surface area contributed by atoms with Crippen LogP contribution >= 0.6 is 22.2 Å². The van der Waals surface area contributed by atoms with Crippen molar-refractivity contribution in [2.75, 3.05) is 52.9 Å². The van der Waals surface area contributed by atoms with Gasteiger partial charge in [0.2, 0.25) is 0 Å². The number of rotatable bonds is 16. The summed E-state index contributed by atoms with van der Waals surface area (Å²) >= 11 is 12.8. The van der Waals surface area contributed by atoms with Crippen LogP contribution in [0.15, 0.2) is 0 Å². The highest BCUT2D eigenvalue weighted by Crippen LogP contribution is 2.28. The van der Waals surface area contributed by atoms with E-state index < -0.39 is 6.69 Å². The lowest BCUT2D eigenvalue weighted by Crippen LogP contribution is -2.20. The summed E-state index contributed by atoms with van der Waals surface area (Å²) in [5, 5.41) is 0. The van der Waals surface area contributed by atoms with E-state index >= 15 is 0 Å². The Balaban J connectivity index is 3.35. The molecule has 0 aliphatic heterocycles. The van der Waals surface area contributed by atoms with E-state index in [0.717, 1.165) is 38.1 Å². The first-order chi connectivity index (χ1) is 10.1. The van der Waals surface area contributed by atoms with Crippen LogP contribution in [0.1, 0.15) is 26.7 Å². The lowest BCUT2D eigenvalue weighted by molar-refractivity contribution is 0.0526. The van der Waals surface area contributed by atoms with Gasteiger partial charge in [0.05, 0.1) is 26.4 Å². The lowest BCUT2D eigenvalue weighted by Gasteiger charge is -2.16. The fourth-order valence-corrected chi connectivity index (χ4v) is 4.90. The second-order valence-corrected chi connectivity index (χ2v) is 12.3. The smallest absolute Gasteiger partial charge is 0.251 e. The van der Waals surface area contributed by atoms with Crippen LogP contribution in [0.4, 0.5) is 0 Å². The van der Waals surface area contributed by atoms with Crippen LogP contribution in [-0.4, -0.2) is 59.5 Å². The van der Waals surface area contributed by atoms with Crippen molar-refractivity contribution < 1.29 is 18.9 Å². The Labute approximate surface area is 139 Å². The molecule has 21 heavy (non-hydrogen) atoms. The van der Waals surface area contributed by atoms with Crippen molar-refractivity contribution in [1.29, 1.82) is 0 Å². The maximum absolute atomic E-state index is 6.41. The monoisotopic (exact) mass is 360 g/mol. The fourth-order valence-electron chi connectivity index (χ4n) is 1.72. The molecular formula is C14H30Cl2O4Si. The van der Waals surface area contributed by atoms with Gasteiger partial charge in [-0.15, -0.1) is 22.2 Å². The minimum absolute atomic E-state index is 0.640. The second kappa shape index (κ2) is 15.5. The number of ether oxygens (including phenoxy) is 4. The summed E-state index contributed by atoms with van der Waals surface area (Å²) in [5.74, 6) is 0. The van der Waals surface area contributed by atoms with E-state index in [0.29, 0.717) is 39.6 Å². The van der Waals surface area contributed by atoms with Crippen molar-refractivity contribution in [3.8, 4) is 0 Å². The van der Waals surface area contributed by atoms with Crippen molar-refractivity contribution in [3.63, 3.8) is 0 Å². The van der Waals surface area contributed by atoms with Crippen LogP contribution in [-0.2, 0) is 18.9 Å². The summed E-state index contributed by atoms with van der Waals surface area (Å²) in [7, 11) is 0. The van der Waals surface area contributed by atoms with Gasteiger partial charge in [-0.1, -0.05) is 0 Å². The van der Waals surface area contributed by atoms with Crippen LogP contribution in [0, 0.1) is 0 Å². The standard InChI is InChI=1S/C14H30Cl2O4Si/c1-3-17-9-11-19-7-5-13-21(15,16)14-6-8-20-12-10-18-4-2/h3-14H2,1-2H3. The third-order valence-electron chi connectivity index (χ3n) is 2.81. The van der Waals surface area contributed by atoms with Crippen molar-refractivity contribution in [3.05, 3.63) is 0 Å². The van der Waals surface area contributed by atoms with Crippen molar-refractivity contribution in [2.24, 2.45) is 0 Å². The average Bonchev–Trinajstić information content (AvgIpc) is 2.45. The molecule has 0 aliphatic rings. The molecule has 0 spiro atoms. The van der Waals surface area contributed by atoms with E-state index in [1.54, 1.807) is 0 Å². The summed E-state index contributed by atoms with van der Waals surface area (Å²) in [4.78, 5) is 0. The minimum Gasteiger partial charge on any atom is -0.379 e. The van der Waals surface area contributed by atoms with E-state index in [2.05, 4.69) is 0 Å². The van der Waals surface area contributed by atoms with Gasteiger partial charge in [0, 0.05) is 26.4 Å². The molecule has 0 radical (unpaired) electrons. The van der Waals surface area contributed by atoms with E-state index in [1.807, 2.05) is 13.8 Å². The van der Waals surface area contributed by atoms with E-state index in [4.69, 9.17) is 41.1 Å². The topological polar surface area (TPSA) is 36.9 Å². The molecule has 0 unspecified atom stereocenters. The van der Waals surface area contributed by atoms with Gasteiger partial charge in [0.1, 0.15) is 0 Å². The number of halogens is 2. The van der Waals surface area contributed by atoms with E-state index in [9.17, 15) is 0 Å². The molecule has 0 aromatic rings. The summed E-state index contributed by atoms with van der Waals surface area (Å²) in [5.41, 5.74) is 0. The fraction of sp³-hybridized carbons (Fsp3) is 1.00. The third kappa shape index (κ3) is 16.8. The highest BCUT2D eigenvalue weighted by atomic mass is 35.7. The molecule has 0 bridgehead atoms. The van der Waals surface area contributed by atoms with Crippen LogP contribution < -0.4 is 0 Å². The Morgan fingerprint density at radius 2 is 1.00 bits per heavy atom. The molecule has 7 heteroatoms. The van der Waals surface area contributed by atoms with Gasteiger partial charge >= 0.3 is 0 Å². The Morgan fingerprint density at radius 1 is 0.619 bits per heavy atom. The molecule has 0 N–H and O–H groups in total. The van der Waals surface area contributed by atoms with Gasteiger partial charge in [-0.2, -0.15) is 0 Å². The molecule has 4 nitrogen and oxygen atoms in total. The first kappa shape index (κ1) is 21.6. The van der Waals surface area contributed by atoms with Crippen LogP contribution in [0.2, 0.25) is 12.1 Å². The molecule has 0 heterocycles. The Bertz CT molecular complexity index is 201. The molecule has 0 saturated carbocycles. The van der Waals surface area contributed by atoms with Gasteiger partial charge in [0.25, 0.3) is 6.69 Å². The molecular weight excluding hydrogens is 331 g/mol. The van der Waals surface area contributed by atoms with Crippen molar-refractivity contribution >= 4 is 28.9 Å². The predicted octanol–water partition coefficient (Wildman–Crippen LogP) is 3.79. The molecule has 0 rings (SSSR count). The highest BCUT2D eigenvalue weighted by Gasteiger charge is 2.26. The highest BCUT2D eigenvalue weighted by molar-refractivity contribution is 7.45. The summed E-state index contributed by atoms with van der Waals surface area (Å²) in [6, 6.07) is 1.73. The van der Waals surface area contributed by atoms with Crippen LogP contribution in [0.25, 0.3) is 0 Å². The molecule has 0 atom stereocenters. The number of hydrogen-bond acceptors (Lipinski definition) is 4. The zero-order chi connectivity index (χ0) is 15.8. The van der Waals surface area contributed by atoms with Crippen LogP contribution in [0.5, 0.6) is 0 Å². The Morgan fingerprint density at radius 3 is 1.38 bits per heavy atom. The average molecular weight is 361 g/mol. The minimum atomic E-state index is -2.13.